The molecule has 1 amide bonds. The molecule has 0 aromatic heterocycles. The van der Waals surface area contributed by atoms with Gasteiger partial charge in [-0.1, -0.05) is 37.8 Å². The molecule has 2 aliphatic rings. The van der Waals surface area contributed by atoms with Gasteiger partial charge in [0.15, 0.2) is 5.96 Å². The van der Waals surface area contributed by atoms with E-state index in [2.05, 4.69) is 10.3 Å². The Morgan fingerprint density at radius 1 is 1.00 bits per heavy atom. The molecule has 3 N–H and O–H groups in total. The van der Waals surface area contributed by atoms with Crippen molar-refractivity contribution in [3.05, 3.63) is 35.4 Å². The molecule has 1 heterocycles. The summed E-state index contributed by atoms with van der Waals surface area (Å²) in [6.45, 7) is 2.31. The number of piperidine rings is 1. The second-order valence-electron chi connectivity index (χ2n) is 7.58. The molecule has 150 valence electrons. The minimum atomic E-state index is 0. The maximum Gasteiger partial charge on any atom is 0.253 e. The largest absolute Gasteiger partial charge is 0.370 e. The standard InChI is InChI=1S/C21H32N4O.HI/c22-21(24-19-8-4-1-2-5-9-19)23-16-17-10-12-18(13-11-17)20(26)25-14-6-3-7-15-25;/h10-13,19H,1-9,14-16H2,(H3,22,23,24);1H. The quantitative estimate of drug-likeness (QED) is 0.293. The van der Waals surface area contributed by atoms with E-state index in [0.29, 0.717) is 18.5 Å². The predicted molar refractivity (Wildman–Crippen MR) is 122 cm³/mol. The first-order valence-electron chi connectivity index (χ1n) is 10.2. The molecule has 6 heteroatoms. The van der Waals surface area contributed by atoms with E-state index in [1.807, 2.05) is 29.2 Å². The third-order valence-electron chi connectivity index (χ3n) is 5.48. The zero-order valence-corrected chi connectivity index (χ0v) is 18.5. The Bertz CT molecular complexity index is 603. The third kappa shape index (κ3) is 6.97. The van der Waals surface area contributed by atoms with Crippen molar-refractivity contribution in [2.24, 2.45) is 10.7 Å². The molecule has 1 aromatic rings. The smallest absolute Gasteiger partial charge is 0.253 e. The fraction of sp³-hybridized carbons (Fsp3) is 0.619. The summed E-state index contributed by atoms with van der Waals surface area (Å²) in [7, 11) is 0. The molecule has 27 heavy (non-hydrogen) atoms. The van der Waals surface area contributed by atoms with Gasteiger partial charge in [0.1, 0.15) is 0 Å². The van der Waals surface area contributed by atoms with E-state index in [4.69, 9.17) is 5.73 Å². The summed E-state index contributed by atoms with van der Waals surface area (Å²) < 4.78 is 0. The van der Waals surface area contributed by atoms with Gasteiger partial charge in [-0.05, 0) is 49.8 Å². The monoisotopic (exact) mass is 484 g/mol. The van der Waals surface area contributed by atoms with Crippen LogP contribution in [0.1, 0.15) is 73.7 Å². The van der Waals surface area contributed by atoms with Crippen LogP contribution in [0.4, 0.5) is 0 Å². The normalized spacial score (nSPS) is 19.1. The molecule has 1 aliphatic carbocycles. The number of nitrogens with two attached hydrogens (primary N) is 1. The van der Waals surface area contributed by atoms with Crippen molar-refractivity contribution < 1.29 is 4.79 Å². The van der Waals surface area contributed by atoms with Crippen molar-refractivity contribution >= 4 is 35.8 Å². The summed E-state index contributed by atoms with van der Waals surface area (Å²) in [6.07, 6.45) is 11.0. The highest BCUT2D eigenvalue weighted by molar-refractivity contribution is 14.0. The second kappa shape index (κ2) is 11.5. The molecular formula is C21H33IN4O. The van der Waals surface area contributed by atoms with Gasteiger partial charge in [-0.15, -0.1) is 24.0 Å². The number of benzene rings is 1. The summed E-state index contributed by atoms with van der Waals surface area (Å²) in [5.41, 5.74) is 7.90. The van der Waals surface area contributed by atoms with Crippen LogP contribution in [-0.4, -0.2) is 35.9 Å². The van der Waals surface area contributed by atoms with Crippen LogP contribution < -0.4 is 11.1 Å². The molecule has 1 saturated heterocycles. The molecule has 0 radical (unpaired) electrons. The average Bonchev–Trinajstić information content (AvgIpc) is 2.95. The molecule has 1 saturated carbocycles. The lowest BCUT2D eigenvalue weighted by Crippen LogP contribution is -2.39. The van der Waals surface area contributed by atoms with Crippen LogP contribution in [0, 0.1) is 0 Å². The minimum absolute atomic E-state index is 0. The van der Waals surface area contributed by atoms with E-state index < -0.39 is 0 Å². The maximum atomic E-state index is 12.5. The zero-order chi connectivity index (χ0) is 18.2. The fourth-order valence-corrected chi connectivity index (χ4v) is 3.89. The number of halogens is 1. The van der Waals surface area contributed by atoms with Crippen LogP contribution in [0.15, 0.2) is 29.3 Å². The van der Waals surface area contributed by atoms with Crippen molar-refractivity contribution in [1.29, 1.82) is 0 Å². The molecule has 0 atom stereocenters. The molecule has 0 spiro atoms. The van der Waals surface area contributed by atoms with Crippen LogP contribution >= 0.6 is 24.0 Å². The number of hydrogen-bond acceptors (Lipinski definition) is 2. The van der Waals surface area contributed by atoms with Gasteiger partial charge in [0.05, 0.1) is 6.54 Å². The number of hydrogen-bond donors (Lipinski definition) is 2. The van der Waals surface area contributed by atoms with E-state index in [0.717, 1.165) is 37.1 Å². The summed E-state index contributed by atoms with van der Waals surface area (Å²) in [5, 5.41) is 3.37. The predicted octanol–water partition coefficient (Wildman–Crippen LogP) is 4.06. The van der Waals surface area contributed by atoms with Gasteiger partial charge in [0.25, 0.3) is 5.91 Å². The van der Waals surface area contributed by atoms with Gasteiger partial charge in [0.2, 0.25) is 0 Å². The highest BCUT2D eigenvalue weighted by Gasteiger charge is 2.17. The van der Waals surface area contributed by atoms with Crippen LogP contribution in [0.3, 0.4) is 0 Å². The van der Waals surface area contributed by atoms with Gasteiger partial charge in [-0.25, -0.2) is 4.99 Å². The Hall–Kier alpha value is -1.31. The fourth-order valence-electron chi connectivity index (χ4n) is 3.89. The number of likely N-dealkylation sites (tertiary alicyclic amines) is 1. The molecule has 2 fully saturated rings. The lowest BCUT2D eigenvalue weighted by molar-refractivity contribution is 0.0724. The minimum Gasteiger partial charge on any atom is -0.370 e. The van der Waals surface area contributed by atoms with Gasteiger partial charge in [-0.3, -0.25) is 4.79 Å². The average molecular weight is 484 g/mol. The highest BCUT2D eigenvalue weighted by Crippen LogP contribution is 2.17. The Balaban J connectivity index is 0.00000261. The summed E-state index contributed by atoms with van der Waals surface area (Å²) in [4.78, 5) is 18.9. The lowest BCUT2D eigenvalue weighted by Gasteiger charge is -2.26. The Labute approximate surface area is 180 Å². The van der Waals surface area contributed by atoms with Crippen molar-refractivity contribution in [2.45, 2.75) is 70.4 Å². The Morgan fingerprint density at radius 2 is 1.59 bits per heavy atom. The summed E-state index contributed by atoms with van der Waals surface area (Å²) in [6, 6.07) is 8.26. The molecule has 1 aliphatic heterocycles. The van der Waals surface area contributed by atoms with Gasteiger partial charge < -0.3 is 16.0 Å². The van der Waals surface area contributed by atoms with Crippen LogP contribution in [0.25, 0.3) is 0 Å². The van der Waals surface area contributed by atoms with E-state index >= 15 is 0 Å². The van der Waals surface area contributed by atoms with Crippen molar-refractivity contribution in [1.82, 2.24) is 10.2 Å². The number of amides is 1. The van der Waals surface area contributed by atoms with E-state index in [1.54, 1.807) is 0 Å². The first kappa shape index (κ1) is 22.0. The zero-order valence-electron chi connectivity index (χ0n) is 16.2. The summed E-state index contributed by atoms with van der Waals surface area (Å²) >= 11 is 0. The molecule has 5 nitrogen and oxygen atoms in total. The first-order chi connectivity index (χ1) is 12.7. The first-order valence-corrected chi connectivity index (χ1v) is 10.2. The van der Waals surface area contributed by atoms with Crippen molar-refractivity contribution in [3.8, 4) is 0 Å². The van der Waals surface area contributed by atoms with Gasteiger partial charge in [0, 0.05) is 24.7 Å². The topological polar surface area (TPSA) is 70.7 Å². The Morgan fingerprint density at radius 3 is 2.22 bits per heavy atom. The van der Waals surface area contributed by atoms with E-state index in [9.17, 15) is 4.79 Å². The highest BCUT2D eigenvalue weighted by atomic mass is 127. The molecule has 0 bridgehead atoms. The Kier molecular flexibility index (Phi) is 9.38. The van der Waals surface area contributed by atoms with Crippen LogP contribution in [0.2, 0.25) is 0 Å². The number of aliphatic imine (C=N–C) groups is 1. The number of nitrogens with one attached hydrogen (secondary N) is 1. The van der Waals surface area contributed by atoms with Crippen molar-refractivity contribution in [3.63, 3.8) is 0 Å². The van der Waals surface area contributed by atoms with Crippen molar-refractivity contribution in [2.75, 3.05) is 13.1 Å². The maximum absolute atomic E-state index is 12.5. The third-order valence-corrected chi connectivity index (χ3v) is 5.48. The van der Waals surface area contributed by atoms with Crippen LogP contribution in [-0.2, 0) is 6.54 Å². The summed E-state index contributed by atoms with van der Waals surface area (Å²) in [5.74, 6) is 0.680. The molecule has 0 unspecified atom stereocenters. The SMILES string of the molecule is I.NC(=NCc1ccc(C(=O)N2CCCCC2)cc1)NC1CCCCCC1. The van der Waals surface area contributed by atoms with Gasteiger partial charge in [-0.2, -0.15) is 0 Å². The molecule has 3 rings (SSSR count). The van der Waals surface area contributed by atoms with E-state index in [1.165, 1.54) is 44.9 Å². The number of carbonyl (C=O) groups excluding carboxylic acids is 1. The molecule has 1 aromatic carbocycles. The lowest BCUT2D eigenvalue weighted by atomic mass is 10.1. The van der Waals surface area contributed by atoms with Crippen LogP contribution in [0.5, 0.6) is 0 Å². The number of carbonyl (C=O) groups is 1. The number of nitrogens with zero attached hydrogens (tertiary/aromatic N) is 2. The van der Waals surface area contributed by atoms with Gasteiger partial charge >= 0.3 is 0 Å². The number of rotatable bonds is 4. The number of guanidine groups is 1. The second-order valence-corrected chi connectivity index (χ2v) is 7.58. The van der Waals surface area contributed by atoms with E-state index in [-0.39, 0.29) is 29.9 Å². The molecular weight excluding hydrogens is 451 g/mol.